The molecule has 0 aliphatic carbocycles. The maximum Gasteiger partial charge on any atom is 0.323 e. The van der Waals surface area contributed by atoms with Crippen molar-refractivity contribution in [2.24, 2.45) is 5.10 Å². The standard InChI is InChI=1S/C16H14N6O2/c1-10-11(2)22(9-15(23)24)16(19-10)12-4-3-5-13(6-12)20-21-14(7-17)8-18/h3-6,20H,9H2,1-2H3,(H,23,24). The van der Waals surface area contributed by atoms with Crippen molar-refractivity contribution in [3.8, 4) is 23.5 Å². The third-order valence-corrected chi connectivity index (χ3v) is 3.38. The zero-order valence-corrected chi connectivity index (χ0v) is 13.1. The van der Waals surface area contributed by atoms with Crippen LogP contribution in [-0.2, 0) is 11.3 Å². The van der Waals surface area contributed by atoms with Gasteiger partial charge in [-0.2, -0.15) is 15.6 Å². The summed E-state index contributed by atoms with van der Waals surface area (Å²) in [6, 6.07) is 10.3. The molecule has 2 rings (SSSR count). The maximum atomic E-state index is 11.1. The van der Waals surface area contributed by atoms with Crippen LogP contribution in [0.3, 0.4) is 0 Å². The molecule has 8 nitrogen and oxygen atoms in total. The largest absolute Gasteiger partial charge is 0.480 e. The molecule has 2 N–H and O–H groups in total. The van der Waals surface area contributed by atoms with Gasteiger partial charge >= 0.3 is 5.97 Å². The highest BCUT2D eigenvalue weighted by Gasteiger charge is 2.15. The zero-order chi connectivity index (χ0) is 17.7. The summed E-state index contributed by atoms with van der Waals surface area (Å²) in [4.78, 5) is 15.5. The van der Waals surface area contributed by atoms with E-state index in [1.165, 1.54) is 0 Å². The van der Waals surface area contributed by atoms with Crippen molar-refractivity contribution < 1.29 is 9.90 Å². The number of benzene rings is 1. The number of nitrogens with one attached hydrogen (secondary N) is 1. The highest BCUT2D eigenvalue weighted by atomic mass is 16.4. The Balaban J connectivity index is 2.41. The highest BCUT2D eigenvalue weighted by molar-refractivity contribution is 6.10. The van der Waals surface area contributed by atoms with Crippen LogP contribution in [0.25, 0.3) is 11.4 Å². The molecule has 120 valence electrons. The maximum absolute atomic E-state index is 11.1. The number of nitriles is 2. The van der Waals surface area contributed by atoms with E-state index in [4.69, 9.17) is 15.6 Å². The van der Waals surface area contributed by atoms with Crippen LogP contribution in [0.15, 0.2) is 29.4 Å². The van der Waals surface area contributed by atoms with Gasteiger partial charge in [-0.25, -0.2) is 4.98 Å². The van der Waals surface area contributed by atoms with E-state index < -0.39 is 5.97 Å². The molecule has 1 aromatic heterocycles. The van der Waals surface area contributed by atoms with Crippen molar-refractivity contribution >= 4 is 17.4 Å². The third kappa shape index (κ3) is 3.57. The highest BCUT2D eigenvalue weighted by Crippen LogP contribution is 2.24. The average molecular weight is 322 g/mol. The van der Waals surface area contributed by atoms with Crippen LogP contribution >= 0.6 is 0 Å². The molecule has 1 aromatic carbocycles. The number of hydrogen-bond acceptors (Lipinski definition) is 6. The van der Waals surface area contributed by atoms with Crippen molar-refractivity contribution in [3.63, 3.8) is 0 Å². The number of nitrogens with zero attached hydrogens (tertiary/aromatic N) is 5. The lowest BCUT2D eigenvalue weighted by Crippen LogP contribution is -2.11. The summed E-state index contributed by atoms with van der Waals surface area (Å²) in [6.45, 7) is 3.44. The van der Waals surface area contributed by atoms with E-state index in [1.54, 1.807) is 41.0 Å². The predicted molar refractivity (Wildman–Crippen MR) is 87.1 cm³/mol. The number of carbonyl (C=O) groups is 1. The van der Waals surface area contributed by atoms with E-state index in [9.17, 15) is 4.79 Å². The van der Waals surface area contributed by atoms with Gasteiger partial charge in [0.05, 0.1) is 11.4 Å². The number of carboxylic acid groups (broad SMARTS) is 1. The van der Waals surface area contributed by atoms with Crippen LogP contribution in [-0.4, -0.2) is 26.3 Å². The minimum atomic E-state index is -0.955. The van der Waals surface area contributed by atoms with Gasteiger partial charge in [-0.3, -0.25) is 10.2 Å². The number of hydrazone groups is 1. The van der Waals surface area contributed by atoms with Crippen molar-refractivity contribution in [2.75, 3.05) is 5.43 Å². The van der Waals surface area contributed by atoms with Crippen LogP contribution < -0.4 is 5.43 Å². The number of carboxylic acids is 1. The topological polar surface area (TPSA) is 127 Å². The van der Waals surface area contributed by atoms with Gasteiger partial charge in [0.2, 0.25) is 5.71 Å². The fourth-order valence-corrected chi connectivity index (χ4v) is 2.13. The Labute approximate surface area is 138 Å². The first-order chi connectivity index (χ1) is 11.5. The second-order valence-corrected chi connectivity index (χ2v) is 4.96. The van der Waals surface area contributed by atoms with E-state index in [-0.39, 0.29) is 12.3 Å². The first-order valence-electron chi connectivity index (χ1n) is 6.96. The van der Waals surface area contributed by atoms with Gasteiger partial charge in [0.25, 0.3) is 0 Å². The molecule has 0 aliphatic heterocycles. The second kappa shape index (κ2) is 7.07. The van der Waals surface area contributed by atoms with E-state index in [0.717, 1.165) is 11.4 Å². The Bertz CT molecular complexity index is 882. The van der Waals surface area contributed by atoms with Crippen molar-refractivity contribution in [1.82, 2.24) is 9.55 Å². The summed E-state index contributed by atoms with van der Waals surface area (Å²) in [5, 5.41) is 30.1. The van der Waals surface area contributed by atoms with Crippen molar-refractivity contribution in [3.05, 3.63) is 35.7 Å². The molecule has 2 aromatic rings. The minimum absolute atomic E-state index is 0.190. The van der Waals surface area contributed by atoms with E-state index in [2.05, 4.69) is 15.5 Å². The van der Waals surface area contributed by atoms with E-state index >= 15 is 0 Å². The molecule has 0 radical (unpaired) electrons. The fraction of sp³-hybridized carbons (Fsp3) is 0.188. The predicted octanol–water partition coefficient (Wildman–Crippen LogP) is 2.07. The summed E-state index contributed by atoms with van der Waals surface area (Å²) in [7, 11) is 0. The van der Waals surface area contributed by atoms with Gasteiger partial charge in [0.1, 0.15) is 24.5 Å². The van der Waals surface area contributed by atoms with Gasteiger partial charge < -0.3 is 9.67 Å². The Morgan fingerprint density at radius 3 is 2.71 bits per heavy atom. The van der Waals surface area contributed by atoms with Crippen LogP contribution in [0.2, 0.25) is 0 Å². The van der Waals surface area contributed by atoms with Crippen molar-refractivity contribution in [1.29, 1.82) is 10.5 Å². The number of imidazole rings is 1. The molecule has 0 saturated carbocycles. The van der Waals surface area contributed by atoms with Gasteiger partial charge in [-0.15, -0.1) is 0 Å². The quantitative estimate of drug-likeness (QED) is 0.640. The molecule has 0 aliphatic rings. The normalized spacial score (nSPS) is 9.67. The Hall–Kier alpha value is -3.65. The lowest BCUT2D eigenvalue weighted by molar-refractivity contribution is -0.137. The first kappa shape index (κ1) is 16.7. The molecule has 24 heavy (non-hydrogen) atoms. The Kier molecular flexibility index (Phi) is 4.93. The Morgan fingerprint density at radius 1 is 1.38 bits per heavy atom. The molecule has 0 saturated heterocycles. The molecule has 1 heterocycles. The smallest absolute Gasteiger partial charge is 0.323 e. The molecular weight excluding hydrogens is 308 g/mol. The lowest BCUT2D eigenvalue weighted by Gasteiger charge is -2.08. The molecular formula is C16H14N6O2. The van der Waals surface area contributed by atoms with Gasteiger partial charge in [0, 0.05) is 11.3 Å². The number of hydrogen-bond donors (Lipinski definition) is 2. The van der Waals surface area contributed by atoms with E-state index in [0.29, 0.717) is 17.1 Å². The first-order valence-corrected chi connectivity index (χ1v) is 6.96. The summed E-state index contributed by atoms with van der Waals surface area (Å²) >= 11 is 0. The lowest BCUT2D eigenvalue weighted by atomic mass is 10.2. The zero-order valence-electron chi connectivity index (χ0n) is 13.1. The third-order valence-electron chi connectivity index (χ3n) is 3.38. The van der Waals surface area contributed by atoms with Crippen LogP contribution in [0.1, 0.15) is 11.4 Å². The SMILES string of the molecule is Cc1nc(-c2cccc(NN=C(C#N)C#N)c2)n(CC(=O)O)c1C. The van der Waals surface area contributed by atoms with Gasteiger partial charge in [-0.05, 0) is 26.0 Å². The summed E-state index contributed by atoms with van der Waals surface area (Å²) in [5.41, 5.74) is 5.11. The molecule has 0 fully saturated rings. The number of anilines is 1. The summed E-state index contributed by atoms with van der Waals surface area (Å²) < 4.78 is 1.62. The number of aromatic nitrogens is 2. The van der Waals surface area contributed by atoms with Crippen LogP contribution in [0, 0.1) is 36.5 Å². The number of aryl methyl sites for hydroxylation is 1. The summed E-state index contributed by atoms with van der Waals surface area (Å²) in [6.07, 6.45) is 0. The van der Waals surface area contributed by atoms with Crippen LogP contribution in [0.5, 0.6) is 0 Å². The summed E-state index contributed by atoms with van der Waals surface area (Å²) in [5.74, 6) is -0.427. The van der Waals surface area contributed by atoms with E-state index in [1.807, 2.05) is 13.8 Å². The second-order valence-electron chi connectivity index (χ2n) is 4.96. The minimum Gasteiger partial charge on any atom is -0.480 e. The molecule has 0 bridgehead atoms. The molecule has 8 heteroatoms. The molecule has 0 unspecified atom stereocenters. The molecule has 0 spiro atoms. The van der Waals surface area contributed by atoms with Gasteiger partial charge in [0.15, 0.2) is 0 Å². The van der Waals surface area contributed by atoms with Gasteiger partial charge in [-0.1, -0.05) is 12.1 Å². The monoisotopic (exact) mass is 322 g/mol. The van der Waals surface area contributed by atoms with Crippen molar-refractivity contribution in [2.45, 2.75) is 20.4 Å². The number of aliphatic carboxylic acids is 1. The Morgan fingerprint density at radius 2 is 2.08 bits per heavy atom. The average Bonchev–Trinajstić information content (AvgIpc) is 2.84. The molecule has 0 amide bonds. The fourth-order valence-electron chi connectivity index (χ4n) is 2.13. The molecule has 0 atom stereocenters. The number of rotatable bonds is 5. The van der Waals surface area contributed by atoms with Crippen LogP contribution in [0.4, 0.5) is 5.69 Å².